The van der Waals surface area contributed by atoms with Gasteiger partial charge in [-0.2, -0.15) is 0 Å². The Morgan fingerprint density at radius 1 is 1.09 bits per heavy atom. The van der Waals surface area contributed by atoms with Crippen molar-refractivity contribution in [2.24, 2.45) is 0 Å². The molecule has 1 N–H and O–H groups in total. The molecule has 0 aliphatic carbocycles. The first-order valence-electron chi connectivity index (χ1n) is 10.9. The van der Waals surface area contributed by atoms with Gasteiger partial charge in [-0.1, -0.05) is 24.3 Å². The number of hydrogen-bond donors (Lipinski definition) is 1. The van der Waals surface area contributed by atoms with Crippen molar-refractivity contribution in [3.8, 4) is 17.2 Å². The van der Waals surface area contributed by atoms with Crippen molar-refractivity contribution >= 4 is 16.7 Å². The molecule has 3 aromatic carbocycles. The number of carbonyl (C=O) groups is 1. The van der Waals surface area contributed by atoms with Crippen LogP contribution < -0.4 is 9.47 Å². The van der Waals surface area contributed by atoms with Gasteiger partial charge in [0.25, 0.3) is 0 Å². The van der Waals surface area contributed by atoms with Gasteiger partial charge >= 0.3 is 5.97 Å². The molecule has 0 amide bonds. The summed E-state index contributed by atoms with van der Waals surface area (Å²) < 4.78 is 17.1. The van der Waals surface area contributed by atoms with Crippen molar-refractivity contribution in [1.29, 1.82) is 0 Å². The van der Waals surface area contributed by atoms with E-state index >= 15 is 0 Å². The summed E-state index contributed by atoms with van der Waals surface area (Å²) in [7, 11) is 1.65. The van der Waals surface area contributed by atoms with Crippen LogP contribution in [0.25, 0.3) is 10.8 Å². The van der Waals surface area contributed by atoms with E-state index in [0.717, 1.165) is 50.1 Å². The number of fused-ring (bicyclic) bond motifs is 2. The summed E-state index contributed by atoms with van der Waals surface area (Å²) in [4.78, 5) is 12.9. The first-order chi connectivity index (χ1) is 15.2. The highest BCUT2D eigenvalue weighted by Gasteiger charge is 2.41. The van der Waals surface area contributed by atoms with Crippen molar-refractivity contribution in [1.82, 2.24) is 0 Å². The number of ether oxygens (including phenoxy) is 3. The zero-order valence-corrected chi connectivity index (χ0v) is 19.5. The molecule has 5 heteroatoms. The van der Waals surface area contributed by atoms with Crippen LogP contribution in [-0.4, -0.2) is 31.4 Å². The first-order valence-corrected chi connectivity index (χ1v) is 10.9. The summed E-state index contributed by atoms with van der Waals surface area (Å²) in [6.45, 7) is 10.2. The van der Waals surface area contributed by atoms with Gasteiger partial charge in [0.2, 0.25) is 0 Å². The van der Waals surface area contributed by atoms with E-state index in [2.05, 4.69) is 0 Å². The van der Waals surface area contributed by atoms with E-state index in [1.165, 1.54) is 0 Å². The van der Waals surface area contributed by atoms with E-state index in [4.69, 9.17) is 14.2 Å². The van der Waals surface area contributed by atoms with E-state index in [1.807, 2.05) is 71.0 Å². The second-order valence-corrected chi connectivity index (χ2v) is 9.08. The third-order valence-corrected chi connectivity index (χ3v) is 6.81. The molecule has 2 atom stereocenters. The lowest BCUT2D eigenvalue weighted by Crippen LogP contribution is -2.33. The summed E-state index contributed by atoms with van der Waals surface area (Å²) in [6, 6.07) is 11.8. The molecule has 5 nitrogen and oxygen atoms in total. The van der Waals surface area contributed by atoms with Crippen LogP contribution in [0.3, 0.4) is 0 Å². The lowest BCUT2D eigenvalue weighted by Gasteiger charge is -2.25. The average Bonchev–Trinajstić information content (AvgIpc) is 3.16. The molecular formula is C27H30O5. The molecule has 0 saturated carbocycles. The monoisotopic (exact) mass is 434 g/mol. The Labute approximate surface area is 188 Å². The van der Waals surface area contributed by atoms with Gasteiger partial charge in [-0.25, -0.2) is 0 Å². The first kappa shape index (κ1) is 22.0. The standard InChI is InChI=1S/C27H30O5/c1-15-16(2)25-23(18(4)24(15)28)27(5,13-31-25)14-32-26(29)17(3)19-7-8-21-12-22(30-6)10-9-20(21)11-19/h7-12,17,28H,13-14H2,1-6H3/t17-,27+/m0/s1. The number of phenols is 1. The Bertz CT molecular complexity index is 1210. The molecule has 3 aromatic rings. The lowest BCUT2D eigenvalue weighted by atomic mass is 9.80. The maximum atomic E-state index is 12.9. The van der Waals surface area contributed by atoms with Crippen molar-refractivity contribution in [2.45, 2.75) is 46.0 Å². The Morgan fingerprint density at radius 2 is 1.78 bits per heavy atom. The van der Waals surface area contributed by atoms with E-state index in [1.54, 1.807) is 7.11 Å². The van der Waals surface area contributed by atoms with Crippen molar-refractivity contribution in [3.05, 3.63) is 64.2 Å². The minimum absolute atomic E-state index is 0.191. The van der Waals surface area contributed by atoms with Crippen LogP contribution in [0.2, 0.25) is 0 Å². The molecule has 0 aromatic heterocycles. The summed E-state index contributed by atoms with van der Waals surface area (Å²) in [6.07, 6.45) is 0. The van der Waals surface area contributed by atoms with Crippen molar-refractivity contribution in [2.75, 3.05) is 20.3 Å². The van der Waals surface area contributed by atoms with Crippen LogP contribution >= 0.6 is 0 Å². The maximum Gasteiger partial charge on any atom is 0.313 e. The van der Waals surface area contributed by atoms with Crippen LogP contribution in [0.4, 0.5) is 0 Å². The molecule has 0 bridgehead atoms. The van der Waals surface area contributed by atoms with E-state index in [9.17, 15) is 9.90 Å². The molecule has 0 unspecified atom stereocenters. The molecule has 168 valence electrons. The second kappa shape index (κ2) is 8.05. The van der Waals surface area contributed by atoms with Crippen molar-refractivity contribution < 1.29 is 24.1 Å². The highest BCUT2D eigenvalue weighted by atomic mass is 16.5. The highest BCUT2D eigenvalue weighted by molar-refractivity contribution is 5.86. The summed E-state index contributed by atoms with van der Waals surface area (Å²) in [5.74, 6) is 1.20. The highest BCUT2D eigenvalue weighted by Crippen LogP contribution is 2.47. The molecule has 4 rings (SSSR count). The third kappa shape index (κ3) is 3.56. The summed E-state index contributed by atoms with van der Waals surface area (Å²) in [5, 5.41) is 12.6. The number of benzene rings is 3. The zero-order valence-electron chi connectivity index (χ0n) is 19.5. The van der Waals surface area contributed by atoms with Gasteiger partial charge in [0.05, 0.1) is 18.4 Å². The fraction of sp³-hybridized carbons (Fsp3) is 0.370. The zero-order chi connectivity index (χ0) is 23.2. The molecule has 1 aliphatic heterocycles. The molecule has 1 heterocycles. The average molecular weight is 435 g/mol. The second-order valence-electron chi connectivity index (χ2n) is 9.08. The molecule has 0 fully saturated rings. The van der Waals surface area contributed by atoms with E-state index in [0.29, 0.717) is 6.61 Å². The number of aromatic hydroxyl groups is 1. The topological polar surface area (TPSA) is 65.0 Å². The van der Waals surface area contributed by atoms with Gasteiger partial charge in [0.1, 0.15) is 30.5 Å². The quantitative estimate of drug-likeness (QED) is 0.539. The van der Waals surface area contributed by atoms with Gasteiger partial charge in [-0.15, -0.1) is 0 Å². The summed E-state index contributed by atoms with van der Waals surface area (Å²) >= 11 is 0. The van der Waals surface area contributed by atoms with Gasteiger partial charge in [0, 0.05) is 5.56 Å². The lowest BCUT2D eigenvalue weighted by molar-refractivity contribution is -0.147. The number of esters is 1. The molecule has 32 heavy (non-hydrogen) atoms. The predicted molar refractivity (Wildman–Crippen MR) is 125 cm³/mol. The summed E-state index contributed by atoms with van der Waals surface area (Å²) in [5.41, 5.74) is 3.87. The number of carbonyl (C=O) groups excluding carboxylic acids is 1. The van der Waals surface area contributed by atoms with Crippen LogP contribution in [0.5, 0.6) is 17.2 Å². The van der Waals surface area contributed by atoms with Gasteiger partial charge in [-0.3, -0.25) is 4.79 Å². The normalized spacial score (nSPS) is 18.2. The molecule has 0 radical (unpaired) electrons. The Kier molecular flexibility index (Phi) is 5.53. The smallest absolute Gasteiger partial charge is 0.313 e. The number of hydrogen-bond acceptors (Lipinski definition) is 5. The van der Waals surface area contributed by atoms with Crippen LogP contribution in [0, 0.1) is 20.8 Å². The van der Waals surface area contributed by atoms with Gasteiger partial charge in [-0.05, 0) is 79.8 Å². The fourth-order valence-corrected chi connectivity index (χ4v) is 4.56. The van der Waals surface area contributed by atoms with Gasteiger partial charge in [0.15, 0.2) is 0 Å². The van der Waals surface area contributed by atoms with Crippen LogP contribution in [-0.2, 0) is 14.9 Å². The largest absolute Gasteiger partial charge is 0.507 e. The number of methoxy groups -OCH3 is 1. The fourth-order valence-electron chi connectivity index (χ4n) is 4.56. The molecule has 0 saturated heterocycles. The van der Waals surface area contributed by atoms with E-state index in [-0.39, 0.29) is 18.3 Å². The number of rotatable bonds is 5. The molecular weight excluding hydrogens is 404 g/mol. The van der Waals surface area contributed by atoms with Crippen LogP contribution in [0.15, 0.2) is 36.4 Å². The van der Waals surface area contributed by atoms with Gasteiger partial charge < -0.3 is 19.3 Å². The third-order valence-electron chi connectivity index (χ3n) is 6.81. The molecule has 0 spiro atoms. The predicted octanol–water partition coefficient (Wildman–Crippen LogP) is 5.48. The SMILES string of the molecule is COc1ccc2cc([C@H](C)C(=O)OC[C@@]3(C)COc4c(C)c(C)c(O)c(C)c43)ccc2c1. The maximum absolute atomic E-state index is 12.9. The minimum atomic E-state index is -0.509. The van der Waals surface area contributed by atoms with E-state index < -0.39 is 11.3 Å². The Balaban J connectivity index is 1.53. The Hall–Kier alpha value is -3.21. The molecule has 1 aliphatic rings. The van der Waals surface area contributed by atoms with Crippen LogP contribution in [0.1, 0.15) is 47.6 Å². The van der Waals surface area contributed by atoms with Crippen molar-refractivity contribution in [3.63, 3.8) is 0 Å². The Morgan fingerprint density at radius 3 is 2.50 bits per heavy atom. The minimum Gasteiger partial charge on any atom is -0.507 e. The number of phenolic OH excluding ortho intramolecular Hbond substituents is 1.